The summed E-state index contributed by atoms with van der Waals surface area (Å²) in [5, 5.41) is 3.91. The van der Waals surface area contributed by atoms with E-state index in [1.807, 2.05) is 0 Å². The second kappa shape index (κ2) is 6.72. The van der Waals surface area contributed by atoms with E-state index in [9.17, 15) is 4.79 Å². The molecule has 0 aliphatic carbocycles. The molecule has 7 heteroatoms. The van der Waals surface area contributed by atoms with Gasteiger partial charge in [-0.15, -0.1) is 0 Å². The van der Waals surface area contributed by atoms with E-state index in [-0.39, 0.29) is 5.82 Å². The molecule has 1 saturated heterocycles. The van der Waals surface area contributed by atoms with E-state index in [4.69, 9.17) is 15.2 Å². The van der Waals surface area contributed by atoms with Crippen molar-refractivity contribution in [2.24, 2.45) is 5.92 Å². The smallest absolute Gasteiger partial charge is 0.344 e. The Morgan fingerprint density at radius 2 is 2.53 bits per heavy atom. The lowest BCUT2D eigenvalue weighted by atomic mass is 10.1. The third kappa shape index (κ3) is 3.57. The predicted molar refractivity (Wildman–Crippen MR) is 74.5 cm³/mol. The third-order valence-electron chi connectivity index (χ3n) is 3.06. The highest BCUT2D eigenvalue weighted by Gasteiger charge is 2.21. The van der Waals surface area contributed by atoms with E-state index in [0.29, 0.717) is 23.1 Å². The number of nitrogens with zero attached hydrogens (tertiary/aromatic N) is 1. The fourth-order valence-electron chi connectivity index (χ4n) is 2.02. The minimum absolute atomic E-state index is 0.232. The van der Waals surface area contributed by atoms with Crippen molar-refractivity contribution in [2.45, 2.75) is 19.8 Å². The minimum atomic E-state index is -0.416. The molecule has 1 unspecified atom stereocenters. The molecule has 0 saturated carbocycles. The van der Waals surface area contributed by atoms with Crippen LogP contribution in [0, 0.1) is 5.92 Å². The number of nitrogens with two attached hydrogens (primary N) is 1. The fraction of sp³-hybridized carbons (Fsp3) is 0.667. The molecule has 0 spiro atoms. The maximum Gasteiger partial charge on any atom is 0.344 e. The Morgan fingerprint density at radius 1 is 1.68 bits per heavy atom. The van der Waals surface area contributed by atoms with Crippen molar-refractivity contribution in [3.8, 4) is 0 Å². The van der Waals surface area contributed by atoms with Gasteiger partial charge in [-0.3, -0.25) is 0 Å². The van der Waals surface area contributed by atoms with E-state index in [2.05, 4.69) is 9.69 Å². The van der Waals surface area contributed by atoms with E-state index in [1.54, 1.807) is 6.92 Å². The number of carbonyl (C=O) groups excluding carboxylic acids is 1. The summed E-state index contributed by atoms with van der Waals surface area (Å²) in [7, 11) is 0. The maximum atomic E-state index is 11.8. The van der Waals surface area contributed by atoms with Crippen LogP contribution in [0.4, 0.5) is 10.8 Å². The van der Waals surface area contributed by atoms with E-state index in [1.165, 1.54) is 11.5 Å². The van der Waals surface area contributed by atoms with Crippen molar-refractivity contribution in [3.63, 3.8) is 0 Å². The minimum Gasteiger partial charge on any atom is -0.462 e. The molecule has 0 bridgehead atoms. The molecule has 2 rings (SSSR count). The Balaban J connectivity index is 1.90. The van der Waals surface area contributed by atoms with Gasteiger partial charge in [0.05, 0.1) is 6.61 Å². The Hall–Kier alpha value is -1.34. The number of nitrogens with one attached hydrogen (secondary N) is 1. The van der Waals surface area contributed by atoms with Crippen LogP contribution < -0.4 is 11.1 Å². The van der Waals surface area contributed by atoms with Crippen LogP contribution in [-0.4, -0.2) is 36.7 Å². The van der Waals surface area contributed by atoms with Crippen LogP contribution in [0.3, 0.4) is 0 Å². The lowest BCUT2D eigenvalue weighted by Crippen LogP contribution is -2.12. The molecular formula is C12H19N3O3S. The fourth-order valence-corrected chi connectivity index (χ4v) is 2.75. The van der Waals surface area contributed by atoms with Gasteiger partial charge in [0.25, 0.3) is 0 Å². The van der Waals surface area contributed by atoms with Crippen molar-refractivity contribution in [1.82, 2.24) is 4.37 Å². The largest absolute Gasteiger partial charge is 0.462 e. The maximum absolute atomic E-state index is 11.8. The zero-order valence-corrected chi connectivity index (χ0v) is 11.8. The number of hydrogen-bond acceptors (Lipinski definition) is 7. The molecule has 106 valence electrons. The molecule has 3 N–H and O–H groups in total. The van der Waals surface area contributed by atoms with Gasteiger partial charge in [-0.05, 0) is 37.2 Å². The predicted octanol–water partition coefficient (Wildman–Crippen LogP) is 1.74. The van der Waals surface area contributed by atoms with E-state index >= 15 is 0 Å². The summed E-state index contributed by atoms with van der Waals surface area (Å²) in [6, 6.07) is 0. The van der Waals surface area contributed by atoms with Crippen molar-refractivity contribution < 1.29 is 14.3 Å². The molecular weight excluding hydrogens is 266 g/mol. The second-order valence-corrected chi connectivity index (χ2v) is 5.21. The van der Waals surface area contributed by atoms with Gasteiger partial charge in [0.1, 0.15) is 10.6 Å². The molecule has 6 nitrogen and oxygen atoms in total. The van der Waals surface area contributed by atoms with Crippen LogP contribution in [0.15, 0.2) is 0 Å². The third-order valence-corrected chi connectivity index (χ3v) is 3.88. The van der Waals surface area contributed by atoms with Crippen LogP contribution in [0.5, 0.6) is 0 Å². The van der Waals surface area contributed by atoms with Gasteiger partial charge in [0.15, 0.2) is 5.82 Å². The first-order valence-corrected chi connectivity index (χ1v) is 7.23. The number of nitrogen functional groups attached to an aromatic ring is 1. The standard InChI is InChI=1S/C12H19N3O3S/c1-2-18-12(16)9-10(13)15-19-11(9)14-5-3-8-4-6-17-7-8/h8,14H,2-7H2,1H3,(H2,13,15). The molecule has 2 heterocycles. The molecule has 0 amide bonds. The average Bonchev–Trinajstić information content (AvgIpc) is 3.00. The van der Waals surface area contributed by atoms with Crippen molar-refractivity contribution in [3.05, 3.63) is 5.56 Å². The molecule has 1 aliphatic heterocycles. The topological polar surface area (TPSA) is 86.5 Å². The second-order valence-electron chi connectivity index (χ2n) is 4.44. The molecule has 0 aromatic carbocycles. The Bertz CT molecular complexity index is 430. The number of hydrogen-bond donors (Lipinski definition) is 2. The Labute approximate surface area is 116 Å². The normalized spacial score (nSPS) is 18.5. The molecule has 1 aromatic rings. The zero-order chi connectivity index (χ0) is 13.7. The summed E-state index contributed by atoms with van der Waals surface area (Å²) in [6.45, 7) is 4.56. The Morgan fingerprint density at radius 3 is 3.21 bits per heavy atom. The average molecular weight is 285 g/mol. The first-order chi connectivity index (χ1) is 9.22. The lowest BCUT2D eigenvalue weighted by Gasteiger charge is -2.09. The summed E-state index contributed by atoms with van der Waals surface area (Å²) in [5.41, 5.74) is 6.06. The molecule has 1 atom stereocenters. The van der Waals surface area contributed by atoms with E-state index < -0.39 is 5.97 Å². The first kappa shape index (κ1) is 14.1. The lowest BCUT2D eigenvalue weighted by molar-refractivity contribution is 0.0529. The van der Waals surface area contributed by atoms with Gasteiger partial charge in [-0.2, -0.15) is 4.37 Å². The van der Waals surface area contributed by atoms with Gasteiger partial charge in [-0.1, -0.05) is 0 Å². The molecule has 19 heavy (non-hydrogen) atoms. The summed E-state index contributed by atoms with van der Waals surface area (Å²) in [4.78, 5) is 11.8. The summed E-state index contributed by atoms with van der Waals surface area (Å²) in [5.74, 6) is 0.416. The van der Waals surface area contributed by atoms with Crippen molar-refractivity contribution in [1.29, 1.82) is 0 Å². The summed E-state index contributed by atoms with van der Waals surface area (Å²) >= 11 is 1.19. The van der Waals surface area contributed by atoms with E-state index in [0.717, 1.165) is 32.6 Å². The molecule has 1 aromatic heterocycles. The number of carbonyl (C=O) groups is 1. The molecule has 1 fully saturated rings. The van der Waals surface area contributed by atoms with Crippen LogP contribution >= 0.6 is 11.5 Å². The van der Waals surface area contributed by atoms with Crippen LogP contribution in [-0.2, 0) is 9.47 Å². The van der Waals surface area contributed by atoms with Crippen LogP contribution in [0.25, 0.3) is 0 Å². The quantitative estimate of drug-likeness (QED) is 0.774. The number of rotatable bonds is 6. The van der Waals surface area contributed by atoms with Crippen LogP contribution in [0.2, 0.25) is 0 Å². The SMILES string of the molecule is CCOC(=O)c1c(N)nsc1NCCC1CCOC1. The number of aromatic nitrogens is 1. The van der Waals surface area contributed by atoms with Crippen molar-refractivity contribution in [2.75, 3.05) is 37.4 Å². The molecule has 1 aliphatic rings. The number of esters is 1. The van der Waals surface area contributed by atoms with Gasteiger partial charge in [0.2, 0.25) is 0 Å². The van der Waals surface area contributed by atoms with Crippen LogP contribution in [0.1, 0.15) is 30.1 Å². The highest BCUT2D eigenvalue weighted by atomic mass is 32.1. The highest BCUT2D eigenvalue weighted by Crippen LogP contribution is 2.28. The van der Waals surface area contributed by atoms with Gasteiger partial charge in [0, 0.05) is 19.8 Å². The van der Waals surface area contributed by atoms with Gasteiger partial charge in [-0.25, -0.2) is 4.79 Å². The van der Waals surface area contributed by atoms with Crippen molar-refractivity contribution >= 4 is 28.3 Å². The molecule has 0 radical (unpaired) electrons. The monoisotopic (exact) mass is 285 g/mol. The summed E-state index contributed by atoms with van der Waals surface area (Å²) < 4.78 is 14.3. The number of ether oxygens (including phenoxy) is 2. The highest BCUT2D eigenvalue weighted by molar-refractivity contribution is 7.11. The Kier molecular flexibility index (Phi) is 4.98. The number of anilines is 2. The first-order valence-electron chi connectivity index (χ1n) is 6.46. The zero-order valence-electron chi connectivity index (χ0n) is 11.0. The van der Waals surface area contributed by atoms with Gasteiger partial charge < -0.3 is 20.5 Å². The van der Waals surface area contributed by atoms with Gasteiger partial charge >= 0.3 is 5.97 Å². The summed E-state index contributed by atoms with van der Waals surface area (Å²) in [6.07, 6.45) is 2.12.